The molecule has 7 rings (SSSR count). The maximum atomic E-state index is 3.94. The summed E-state index contributed by atoms with van der Waals surface area (Å²) < 4.78 is 0. The van der Waals surface area contributed by atoms with E-state index in [4.69, 9.17) is 0 Å². The summed E-state index contributed by atoms with van der Waals surface area (Å²) in [6, 6.07) is 28.7. The predicted octanol–water partition coefficient (Wildman–Crippen LogP) is 9.01. The Bertz CT molecular complexity index is 1590. The fourth-order valence-corrected chi connectivity index (χ4v) is 8.57. The SMILES string of the molecule is CC1C2=C(C(C)C3=C1C(C)C1=C(C3C)N(c3ccccc3)c3ccccc3N1C)C(C)(C)c1ccccc1N2. The first kappa shape index (κ1) is 24.3. The molecule has 3 heteroatoms. The first-order valence-electron chi connectivity index (χ1n) is 14.5. The summed E-state index contributed by atoms with van der Waals surface area (Å²) in [6.45, 7) is 14.7. The summed E-state index contributed by atoms with van der Waals surface area (Å²) in [5.41, 5.74) is 15.5. The molecule has 0 bridgehead atoms. The molecule has 0 spiro atoms. The molecule has 3 aromatic rings. The van der Waals surface area contributed by atoms with Crippen LogP contribution in [0.3, 0.4) is 0 Å². The van der Waals surface area contributed by atoms with Gasteiger partial charge >= 0.3 is 0 Å². The molecule has 39 heavy (non-hydrogen) atoms. The number of allylic oxidation sites excluding steroid dienone is 4. The van der Waals surface area contributed by atoms with Crippen LogP contribution in [0.5, 0.6) is 0 Å². The molecule has 3 aromatic carbocycles. The van der Waals surface area contributed by atoms with E-state index in [1.165, 1.54) is 45.4 Å². The summed E-state index contributed by atoms with van der Waals surface area (Å²) in [5, 5.41) is 3.94. The summed E-state index contributed by atoms with van der Waals surface area (Å²) >= 11 is 0. The van der Waals surface area contributed by atoms with E-state index in [0.717, 1.165) is 0 Å². The van der Waals surface area contributed by atoms with E-state index in [9.17, 15) is 0 Å². The number of hydrogen-bond acceptors (Lipinski definition) is 3. The maximum absolute atomic E-state index is 3.94. The van der Waals surface area contributed by atoms with Gasteiger partial charge in [0.25, 0.3) is 0 Å². The normalized spacial score (nSPS) is 26.8. The van der Waals surface area contributed by atoms with Gasteiger partial charge in [0, 0.05) is 58.9 Å². The Morgan fingerprint density at radius 3 is 1.97 bits per heavy atom. The third kappa shape index (κ3) is 3.16. The fraction of sp³-hybridized carbons (Fsp3) is 0.333. The fourth-order valence-electron chi connectivity index (χ4n) is 8.57. The molecule has 2 aliphatic heterocycles. The van der Waals surface area contributed by atoms with Crippen LogP contribution in [0.25, 0.3) is 0 Å². The molecule has 0 fully saturated rings. The number of hydrogen-bond donors (Lipinski definition) is 1. The highest BCUT2D eigenvalue weighted by atomic mass is 15.3. The lowest BCUT2D eigenvalue weighted by atomic mass is 9.58. The molecule has 4 unspecified atom stereocenters. The maximum Gasteiger partial charge on any atom is 0.0696 e. The van der Waals surface area contributed by atoms with Gasteiger partial charge in [-0.25, -0.2) is 0 Å². The molecule has 0 radical (unpaired) electrons. The largest absolute Gasteiger partial charge is 0.358 e. The van der Waals surface area contributed by atoms with Crippen molar-refractivity contribution in [2.24, 2.45) is 23.7 Å². The van der Waals surface area contributed by atoms with E-state index < -0.39 is 0 Å². The van der Waals surface area contributed by atoms with E-state index in [0.29, 0.717) is 23.7 Å². The topological polar surface area (TPSA) is 18.5 Å². The Morgan fingerprint density at radius 1 is 0.641 bits per heavy atom. The summed E-state index contributed by atoms with van der Waals surface area (Å²) in [7, 11) is 2.27. The van der Waals surface area contributed by atoms with Gasteiger partial charge in [0.2, 0.25) is 0 Å². The molecule has 198 valence electrons. The average Bonchev–Trinajstić information content (AvgIpc) is 2.93. The minimum absolute atomic E-state index is 0.0317. The van der Waals surface area contributed by atoms with Crippen LogP contribution in [-0.4, -0.2) is 7.05 Å². The van der Waals surface area contributed by atoms with Crippen molar-refractivity contribution in [2.75, 3.05) is 22.2 Å². The van der Waals surface area contributed by atoms with Crippen molar-refractivity contribution in [3.05, 3.63) is 118 Å². The Balaban J connectivity index is 1.42. The van der Waals surface area contributed by atoms with Crippen LogP contribution >= 0.6 is 0 Å². The second-order valence-electron chi connectivity index (χ2n) is 12.4. The van der Waals surface area contributed by atoms with Crippen LogP contribution in [0.4, 0.5) is 22.7 Å². The monoisotopic (exact) mass is 513 g/mol. The van der Waals surface area contributed by atoms with Gasteiger partial charge in [-0.15, -0.1) is 0 Å². The lowest BCUT2D eigenvalue weighted by molar-refractivity contribution is 0.443. The summed E-state index contributed by atoms with van der Waals surface area (Å²) in [4.78, 5) is 5.03. The van der Waals surface area contributed by atoms with Crippen molar-refractivity contribution in [3.8, 4) is 0 Å². The molecule has 3 nitrogen and oxygen atoms in total. The van der Waals surface area contributed by atoms with Gasteiger partial charge in [0.1, 0.15) is 0 Å². The first-order chi connectivity index (χ1) is 18.7. The molecule has 2 heterocycles. The Hall–Kier alpha value is -3.72. The quantitative estimate of drug-likeness (QED) is 0.328. The van der Waals surface area contributed by atoms with E-state index in [-0.39, 0.29) is 5.41 Å². The standard InChI is InChI=1S/C36H39N3/c1-21-30-24(4)35-34(38(7)28-19-13-14-20-29(28)39(35)25-15-9-8-10-16-25)23(3)31(30)22(2)33-32(21)36(5,6)26-17-11-12-18-27(26)37-33/h8-24,37H,1-7H3. The second-order valence-corrected chi connectivity index (χ2v) is 12.4. The Kier molecular flexibility index (Phi) is 5.23. The third-order valence-corrected chi connectivity index (χ3v) is 10.1. The highest BCUT2D eigenvalue weighted by Crippen LogP contribution is 2.60. The zero-order valence-electron chi connectivity index (χ0n) is 24.2. The molecular formula is C36H39N3. The molecule has 1 N–H and O–H groups in total. The van der Waals surface area contributed by atoms with Crippen LogP contribution in [0.1, 0.15) is 47.1 Å². The first-order valence-corrected chi connectivity index (χ1v) is 14.5. The lowest BCUT2D eigenvalue weighted by Gasteiger charge is -2.54. The van der Waals surface area contributed by atoms with Crippen molar-refractivity contribution in [3.63, 3.8) is 0 Å². The molecule has 0 saturated heterocycles. The summed E-state index contributed by atoms with van der Waals surface area (Å²) in [6.07, 6.45) is 0. The molecule has 4 aliphatic rings. The van der Waals surface area contributed by atoms with Gasteiger partial charge in [0.05, 0.1) is 17.1 Å². The highest BCUT2D eigenvalue weighted by Gasteiger charge is 2.50. The van der Waals surface area contributed by atoms with Crippen LogP contribution in [-0.2, 0) is 5.41 Å². The second kappa shape index (κ2) is 8.39. The van der Waals surface area contributed by atoms with Gasteiger partial charge in [-0.1, -0.05) is 101 Å². The number of nitrogens with one attached hydrogen (secondary N) is 1. The third-order valence-electron chi connectivity index (χ3n) is 10.1. The van der Waals surface area contributed by atoms with Crippen molar-refractivity contribution in [1.29, 1.82) is 0 Å². The van der Waals surface area contributed by atoms with Crippen LogP contribution in [0.15, 0.2) is 113 Å². The number of nitrogens with zero attached hydrogens (tertiary/aromatic N) is 2. The van der Waals surface area contributed by atoms with Crippen LogP contribution < -0.4 is 15.1 Å². The van der Waals surface area contributed by atoms with Crippen LogP contribution in [0.2, 0.25) is 0 Å². The number of fused-ring (bicyclic) bond motifs is 2. The van der Waals surface area contributed by atoms with E-state index in [1.807, 2.05) is 0 Å². The van der Waals surface area contributed by atoms with Gasteiger partial charge in [-0.3, -0.25) is 0 Å². The van der Waals surface area contributed by atoms with E-state index in [2.05, 4.69) is 143 Å². The Labute approximate surface area is 233 Å². The van der Waals surface area contributed by atoms with Gasteiger partial charge in [-0.2, -0.15) is 0 Å². The zero-order chi connectivity index (χ0) is 27.2. The van der Waals surface area contributed by atoms with Gasteiger partial charge in [0.15, 0.2) is 0 Å². The van der Waals surface area contributed by atoms with Gasteiger partial charge < -0.3 is 15.1 Å². The van der Waals surface area contributed by atoms with Crippen molar-refractivity contribution in [1.82, 2.24) is 0 Å². The number of rotatable bonds is 1. The van der Waals surface area contributed by atoms with Gasteiger partial charge in [-0.05, 0) is 41.5 Å². The Morgan fingerprint density at radius 2 is 1.23 bits per heavy atom. The van der Waals surface area contributed by atoms with Crippen molar-refractivity contribution >= 4 is 22.7 Å². The molecular weight excluding hydrogens is 474 g/mol. The minimum atomic E-state index is -0.0317. The lowest BCUT2D eigenvalue weighted by Crippen LogP contribution is -2.46. The van der Waals surface area contributed by atoms with Crippen molar-refractivity contribution in [2.45, 2.75) is 47.0 Å². The molecule has 0 aromatic heterocycles. The number of benzene rings is 3. The molecule has 4 atom stereocenters. The molecule has 2 aliphatic carbocycles. The highest BCUT2D eigenvalue weighted by molar-refractivity contribution is 5.86. The molecule has 0 amide bonds. The van der Waals surface area contributed by atoms with Crippen molar-refractivity contribution < 1.29 is 0 Å². The van der Waals surface area contributed by atoms with Crippen LogP contribution in [0, 0.1) is 23.7 Å². The zero-order valence-corrected chi connectivity index (χ0v) is 24.2. The smallest absolute Gasteiger partial charge is 0.0696 e. The number of para-hydroxylation sites is 4. The average molecular weight is 514 g/mol. The number of anilines is 4. The summed E-state index contributed by atoms with van der Waals surface area (Å²) in [5.74, 6) is 1.29. The van der Waals surface area contributed by atoms with E-state index >= 15 is 0 Å². The van der Waals surface area contributed by atoms with E-state index in [1.54, 1.807) is 16.7 Å². The minimum Gasteiger partial charge on any atom is -0.358 e. The predicted molar refractivity (Wildman–Crippen MR) is 164 cm³/mol. The molecule has 0 saturated carbocycles.